The molecule has 0 aliphatic heterocycles. The number of ketones is 1. The van der Waals surface area contributed by atoms with Crippen LogP contribution in [-0.4, -0.2) is 25.3 Å². The van der Waals surface area contributed by atoms with Crippen LogP contribution in [0, 0.1) is 0 Å². The predicted molar refractivity (Wildman–Crippen MR) is 72.8 cm³/mol. The first-order valence-corrected chi connectivity index (χ1v) is 5.89. The van der Waals surface area contributed by atoms with Crippen molar-refractivity contribution in [2.24, 2.45) is 0 Å². The van der Waals surface area contributed by atoms with E-state index in [0.717, 1.165) is 6.08 Å². The van der Waals surface area contributed by atoms with Gasteiger partial charge in [-0.05, 0) is 31.2 Å². The van der Waals surface area contributed by atoms with Crippen LogP contribution in [0.3, 0.4) is 0 Å². The van der Waals surface area contributed by atoms with Crippen LogP contribution in [0.5, 0.6) is 11.5 Å². The van der Waals surface area contributed by atoms with E-state index in [-0.39, 0.29) is 12.4 Å². The highest BCUT2D eigenvalue weighted by Crippen LogP contribution is 2.26. The van der Waals surface area contributed by atoms with E-state index in [0.29, 0.717) is 30.0 Å². The molecule has 0 fully saturated rings. The number of aldehydes is 1. The van der Waals surface area contributed by atoms with Crippen LogP contribution >= 0.6 is 0 Å². The van der Waals surface area contributed by atoms with Crippen molar-refractivity contribution in [2.75, 3.05) is 13.2 Å². The Hall–Kier alpha value is -2.36. The summed E-state index contributed by atoms with van der Waals surface area (Å²) in [6, 6.07) is 4.95. The third-order valence-electron chi connectivity index (χ3n) is 2.21. The number of ether oxygens (including phenoxy) is 2. The van der Waals surface area contributed by atoms with Gasteiger partial charge in [0.05, 0.1) is 12.2 Å². The molecule has 19 heavy (non-hydrogen) atoms. The van der Waals surface area contributed by atoms with E-state index in [1.165, 1.54) is 6.08 Å². The quantitative estimate of drug-likeness (QED) is 0.312. The summed E-state index contributed by atoms with van der Waals surface area (Å²) in [7, 11) is 0. The fourth-order valence-electron chi connectivity index (χ4n) is 1.45. The lowest BCUT2D eigenvalue weighted by molar-refractivity contribution is -0.104. The molecule has 0 aliphatic carbocycles. The molecule has 0 aromatic heterocycles. The van der Waals surface area contributed by atoms with Gasteiger partial charge in [0.25, 0.3) is 0 Å². The van der Waals surface area contributed by atoms with Crippen molar-refractivity contribution < 1.29 is 19.1 Å². The molecule has 0 N–H and O–H groups in total. The highest BCUT2D eigenvalue weighted by molar-refractivity contribution is 6.07. The molecular weight excluding hydrogens is 244 g/mol. The van der Waals surface area contributed by atoms with Gasteiger partial charge in [0.2, 0.25) is 0 Å². The maximum absolute atomic E-state index is 11.9. The minimum atomic E-state index is -0.297. The summed E-state index contributed by atoms with van der Waals surface area (Å²) in [5.41, 5.74) is 0.378. The van der Waals surface area contributed by atoms with Crippen LogP contribution in [0.4, 0.5) is 0 Å². The van der Waals surface area contributed by atoms with Crippen LogP contribution in [-0.2, 0) is 4.79 Å². The van der Waals surface area contributed by atoms with Crippen molar-refractivity contribution in [3.63, 3.8) is 0 Å². The summed E-state index contributed by atoms with van der Waals surface area (Å²) in [5, 5.41) is 0. The molecule has 0 saturated carbocycles. The van der Waals surface area contributed by atoms with E-state index in [9.17, 15) is 9.59 Å². The number of carbonyl (C=O) groups is 2. The Bertz CT molecular complexity index is 489. The molecule has 1 aromatic rings. The lowest BCUT2D eigenvalue weighted by Crippen LogP contribution is -2.03. The first-order chi connectivity index (χ1) is 9.22. The second-order valence-electron chi connectivity index (χ2n) is 3.55. The minimum Gasteiger partial charge on any atom is -0.494 e. The lowest BCUT2D eigenvalue weighted by atomic mass is 10.1. The number of benzene rings is 1. The minimum absolute atomic E-state index is 0.285. The molecular formula is C15H16O4. The number of allylic oxidation sites excluding steroid dienone is 2. The van der Waals surface area contributed by atoms with Crippen molar-refractivity contribution in [1.82, 2.24) is 0 Å². The molecule has 4 heteroatoms. The Morgan fingerprint density at radius 2 is 2.16 bits per heavy atom. The molecule has 0 aliphatic rings. The van der Waals surface area contributed by atoms with Gasteiger partial charge in [-0.25, -0.2) is 0 Å². The largest absolute Gasteiger partial charge is 0.494 e. The summed E-state index contributed by atoms with van der Waals surface area (Å²) < 4.78 is 10.8. The molecule has 0 amide bonds. The zero-order valence-electron chi connectivity index (χ0n) is 10.8. The zero-order valence-corrected chi connectivity index (χ0v) is 10.8. The van der Waals surface area contributed by atoms with Crippen molar-refractivity contribution in [3.8, 4) is 11.5 Å². The number of hydrogen-bond donors (Lipinski definition) is 0. The van der Waals surface area contributed by atoms with Crippen molar-refractivity contribution in [2.45, 2.75) is 6.92 Å². The van der Waals surface area contributed by atoms with Crippen molar-refractivity contribution in [3.05, 3.63) is 48.6 Å². The van der Waals surface area contributed by atoms with Gasteiger partial charge in [0, 0.05) is 6.07 Å². The summed E-state index contributed by atoms with van der Waals surface area (Å²) in [5.74, 6) is 0.734. The molecule has 0 unspecified atom stereocenters. The Labute approximate surface area is 112 Å². The van der Waals surface area contributed by atoms with E-state index in [2.05, 4.69) is 6.58 Å². The summed E-state index contributed by atoms with van der Waals surface area (Å²) in [6.07, 6.45) is 4.49. The predicted octanol–water partition coefficient (Wildman–Crippen LogP) is 2.59. The highest BCUT2D eigenvalue weighted by atomic mass is 16.5. The second-order valence-corrected chi connectivity index (χ2v) is 3.55. The molecule has 100 valence electrons. The Morgan fingerprint density at radius 3 is 2.79 bits per heavy atom. The normalized spacial score (nSPS) is 10.2. The van der Waals surface area contributed by atoms with Crippen molar-refractivity contribution >= 4 is 12.1 Å². The molecule has 0 heterocycles. The van der Waals surface area contributed by atoms with Gasteiger partial charge in [-0.2, -0.15) is 0 Å². The van der Waals surface area contributed by atoms with E-state index >= 15 is 0 Å². The third-order valence-corrected chi connectivity index (χ3v) is 2.21. The summed E-state index contributed by atoms with van der Waals surface area (Å²) in [6.45, 7) is 6.24. The molecule has 0 atom stereocenters. The Balaban J connectivity index is 3.06. The lowest BCUT2D eigenvalue weighted by Gasteiger charge is -2.10. The fourth-order valence-corrected chi connectivity index (χ4v) is 1.45. The van der Waals surface area contributed by atoms with E-state index < -0.39 is 0 Å². The van der Waals surface area contributed by atoms with E-state index in [1.807, 2.05) is 6.92 Å². The Morgan fingerprint density at radius 1 is 1.37 bits per heavy atom. The monoisotopic (exact) mass is 260 g/mol. The molecule has 0 bridgehead atoms. The third kappa shape index (κ3) is 4.43. The van der Waals surface area contributed by atoms with Gasteiger partial charge in [-0.15, -0.1) is 0 Å². The summed E-state index contributed by atoms with van der Waals surface area (Å²) in [4.78, 5) is 22.1. The van der Waals surface area contributed by atoms with Gasteiger partial charge in [0.15, 0.2) is 5.78 Å². The van der Waals surface area contributed by atoms with Gasteiger partial charge < -0.3 is 9.47 Å². The van der Waals surface area contributed by atoms with Crippen LogP contribution in [0.1, 0.15) is 17.3 Å². The molecule has 1 rings (SSSR count). The maximum Gasteiger partial charge on any atom is 0.189 e. The maximum atomic E-state index is 11.9. The second kappa shape index (κ2) is 7.87. The van der Waals surface area contributed by atoms with Gasteiger partial charge in [0.1, 0.15) is 24.4 Å². The smallest absolute Gasteiger partial charge is 0.189 e. The standard InChI is InChI=1S/C15H16O4/c1-3-10-19-15-11-12(18-4-2)7-8-13(15)14(17)6-5-9-16/h3,5-9,11H,1,4,10H2,2H3. The molecule has 4 nitrogen and oxygen atoms in total. The summed E-state index contributed by atoms with van der Waals surface area (Å²) >= 11 is 0. The van der Waals surface area contributed by atoms with Crippen LogP contribution in [0.15, 0.2) is 43.0 Å². The SMILES string of the molecule is C=CCOc1cc(OCC)ccc1C(=O)C=CC=O. The van der Waals surface area contributed by atoms with Crippen LogP contribution in [0.25, 0.3) is 0 Å². The first kappa shape index (κ1) is 14.7. The zero-order chi connectivity index (χ0) is 14.1. The number of rotatable bonds is 8. The van der Waals surface area contributed by atoms with Gasteiger partial charge >= 0.3 is 0 Å². The average Bonchev–Trinajstić information content (AvgIpc) is 2.43. The van der Waals surface area contributed by atoms with E-state index in [4.69, 9.17) is 9.47 Å². The van der Waals surface area contributed by atoms with E-state index in [1.54, 1.807) is 24.3 Å². The van der Waals surface area contributed by atoms with Gasteiger partial charge in [-0.1, -0.05) is 12.7 Å². The van der Waals surface area contributed by atoms with Crippen molar-refractivity contribution in [1.29, 1.82) is 0 Å². The fraction of sp³-hybridized carbons (Fsp3) is 0.200. The van der Waals surface area contributed by atoms with Gasteiger partial charge in [-0.3, -0.25) is 9.59 Å². The highest BCUT2D eigenvalue weighted by Gasteiger charge is 2.11. The molecule has 1 aromatic carbocycles. The molecule has 0 saturated heterocycles. The number of hydrogen-bond acceptors (Lipinski definition) is 4. The Kier molecular flexibility index (Phi) is 6.09. The average molecular weight is 260 g/mol. The van der Waals surface area contributed by atoms with Crippen LogP contribution in [0.2, 0.25) is 0 Å². The molecule has 0 radical (unpaired) electrons. The molecule has 0 spiro atoms. The first-order valence-electron chi connectivity index (χ1n) is 5.89. The van der Waals surface area contributed by atoms with Crippen LogP contribution < -0.4 is 9.47 Å². The topological polar surface area (TPSA) is 52.6 Å². The number of carbonyl (C=O) groups excluding carboxylic acids is 2.